The Morgan fingerprint density at radius 3 is 2.55 bits per heavy atom. The number of hydrogen-bond donors (Lipinski definition) is 1. The summed E-state index contributed by atoms with van der Waals surface area (Å²) in [7, 11) is 1.47. The zero-order valence-electron chi connectivity index (χ0n) is 16.5. The molecule has 0 bridgehead atoms. The van der Waals surface area contributed by atoms with Crippen LogP contribution in [0.5, 0.6) is 23.0 Å². The monoisotopic (exact) mass is 401 g/mol. The maximum Gasteiger partial charge on any atom is 0.339 e. The number of ether oxygens (including phenoxy) is 5. The van der Waals surface area contributed by atoms with Crippen LogP contribution >= 0.6 is 0 Å². The highest BCUT2D eigenvalue weighted by molar-refractivity contribution is 5.97. The number of rotatable bonds is 7. The summed E-state index contributed by atoms with van der Waals surface area (Å²) in [6.07, 6.45) is -1.01. The van der Waals surface area contributed by atoms with Crippen molar-refractivity contribution in [3.8, 4) is 23.0 Å². The van der Waals surface area contributed by atoms with Crippen LogP contribution in [-0.2, 0) is 9.53 Å². The molecule has 0 radical (unpaired) electrons. The molecule has 0 saturated carbocycles. The van der Waals surface area contributed by atoms with E-state index in [0.29, 0.717) is 48.5 Å². The molecule has 29 heavy (non-hydrogen) atoms. The molecule has 2 aromatic rings. The number of carbonyl (C=O) groups excluding carboxylic acids is 2. The van der Waals surface area contributed by atoms with E-state index in [-0.39, 0.29) is 5.56 Å². The van der Waals surface area contributed by atoms with Crippen molar-refractivity contribution in [2.75, 3.05) is 32.2 Å². The number of anilines is 1. The highest BCUT2D eigenvalue weighted by Crippen LogP contribution is 2.40. The van der Waals surface area contributed by atoms with Crippen LogP contribution in [0.3, 0.4) is 0 Å². The van der Waals surface area contributed by atoms with E-state index in [1.54, 1.807) is 24.3 Å². The highest BCUT2D eigenvalue weighted by atomic mass is 16.6. The van der Waals surface area contributed by atoms with Crippen molar-refractivity contribution in [1.29, 1.82) is 0 Å². The molecule has 2 aromatic carbocycles. The molecule has 154 valence electrons. The van der Waals surface area contributed by atoms with Gasteiger partial charge >= 0.3 is 5.97 Å². The molecule has 3 rings (SSSR count). The smallest absolute Gasteiger partial charge is 0.339 e. The van der Waals surface area contributed by atoms with Gasteiger partial charge in [0.25, 0.3) is 5.91 Å². The molecule has 0 fully saturated rings. The second-order valence-corrected chi connectivity index (χ2v) is 6.20. The summed E-state index contributed by atoms with van der Waals surface area (Å²) < 4.78 is 26.9. The second kappa shape index (κ2) is 9.18. The van der Waals surface area contributed by atoms with Gasteiger partial charge in [0.05, 0.1) is 19.3 Å². The van der Waals surface area contributed by atoms with E-state index in [2.05, 4.69) is 5.32 Å². The topological polar surface area (TPSA) is 92.3 Å². The van der Waals surface area contributed by atoms with Crippen molar-refractivity contribution in [2.24, 2.45) is 0 Å². The van der Waals surface area contributed by atoms with Crippen molar-refractivity contribution in [2.45, 2.75) is 20.0 Å². The first-order valence-electron chi connectivity index (χ1n) is 9.24. The van der Waals surface area contributed by atoms with E-state index in [9.17, 15) is 9.59 Å². The summed E-state index contributed by atoms with van der Waals surface area (Å²) in [5.74, 6) is 0.783. The number of methoxy groups -OCH3 is 1. The van der Waals surface area contributed by atoms with Crippen molar-refractivity contribution in [3.05, 3.63) is 42.0 Å². The molecule has 1 atom stereocenters. The number of amides is 1. The standard InChI is InChI=1S/C21H23NO7/c1-4-26-16-7-5-15(6-8-16)22-20(23)13(2)29-21(24)14-11-17(25-3)19-18(12-14)27-9-10-28-19/h5-8,11-13H,4,9-10H2,1-3H3,(H,22,23)/t13-/m1/s1. The molecule has 0 spiro atoms. The number of benzene rings is 2. The van der Waals surface area contributed by atoms with Gasteiger partial charge in [0.1, 0.15) is 19.0 Å². The minimum atomic E-state index is -1.01. The van der Waals surface area contributed by atoms with Gasteiger partial charge in [-0.15, -0.1) is 0 Å². The molecule has 1 aliphatic heterocycles. The Kier molecular flexibility index (Phi) is 6.43. The minimum Gasteiger partial charge on any atom is -0.494 e. The van der Waals surface area contributed by atoms with Crippen LogP contribution in [0, 0.1) is 0 Å². The summed E-state index contributed by atoms with van der Waals surface area (Å²) >= 11 is 0. The van der Waals surface area contributed by atoms with Crippen molar-refractivity contribution >= 4 is 17.6 Å². The molecular weight excluding hydrogens is 378 g/mol. The fourth-order valence-corrected chi connectivity index (χ4v) is 2.72. The average molecular weight is 401 g/mol. The normalized spacial score (nSPS) is 13.2. The Balaban J connectivity index is 1.64. The molecule has 0 unspecified atom stereocenters. The average Bonchev–Trinajstić information content (AvgIpc) is 2.74. The molecule has 1 heterocycles. The van der Waals surface area contributed by atoms with Gasteiger partial charge in [0.15, 0.2) is 17.6 Å². The summed E-state index contributed by atoms with van der Waals surface area (Å²) in [6.45, 7) is 4.72. The van der Waals surface area contributed by atoms with Crippen LogP contribution in [0.4, 0.5) is 5.69 Å². The first-order valence-corrected chi connectivity index (χ1v) is 9.24. The Morgan fingerprint density at radius 2 is 1.86 bits per heavy atom. The minimum absolute atomic E-state index is 0.201. The quantitative estimate of drug-likeness (QED) is 0.713. The van der Waals surface area contributed by atoms with Crippen LogP contribution in [0.25, 0.3) is 0 Å². The number of hydrogen-bond acceptors (Lipinski definition) is 7. The van der Waals surface area contributed by atoms with Gasteiger partial charge in [0.2, 0.25) is 5.75 Å². The van der Waals surface area contributed by atoms with E-state index in [1.807, 2.05) is 6.92 Å². The lowest BCUT2D eigenvalue weighted by Crippen LogP contribution is -2.30. The predicted molar refractivity (Wildman–Crippen MR) is 105 cm³/mol. The molecule has 0 aromatic heterocycles. The molecule has 8 nitrogen and oxygen atoms in total. The lowest BCUT2D eigenvalue weighted by atomic mass is 10.1. The summed E-state index contributed by atoms with van der Waals surface area (Å²) in [6, 6.07) is 9.92. The lowest BCUT2D eigenvalue weighted by Gasteiger charge is -2.21. The Hall–Kier alpha value is -3.42. The summed E-state index contributed by atoms with van der Waals surface area (Å²) in [4.78, 5) is 24.9. The van der Waals surface area contributed by atoms with Gasteiger partial charge < -0.3 is 29.0 Å². The van der Waals surface area contributed by atoms with Gasteiger partial charge in [-0.05, 0) is 50.2 Å². The number of carbonyl (C=O) groups is 2. The third-order valence-electron chi connectivity index (χ3n) is 4.15. The van der Waals surface area contributed by atoms with E-state index in [0.717, 1.165) is 0 Å². The summed E-state index contributed by atoms with van der Waals surface area (Å²) in [5, 5.41) is 2.70. The summed E-state index contributed by atoms with van der Waals surface area (Å²) in [5.41, 5.74) is 0.772. The molecule has 1 N–H and O–H groups in total. The SMILES string of the molecule is CCOc1ccc(NC(=O)[C@@H](C)OC(=O)c2cc(OC)c3c(c2)OCCO3)cc1. The van der Waals surface area contributed by atoms with Crippen LogP contribution in [0.1, 0.15) is 24.2 Å². The predicted octanol–water partition coefficient (Wildman–Crippen LogP) is 3.05. The van der Waals surface area contributed by atoms with Crippen LogP contribution in [-0.4, -0.2) is 44.9 Å². The van der Waals surface area contributed by atoms with Crippen molar-refractivity contribution < 1.29 is 33.3 Å². The Morgan fingerprint density at radius 1 is 1.14 bits per heavy atom. The molecule has 1 aliphatic rings. The third-order valence-corrected chi connectivity index (χ3v) is 4.15. The molecule has 0 aliphatic carbocycles. The molecule has 1 amide bonds. The van der Waals surface area contributed by atoms with Crippen LogP contribution < -0.4 is 24.3 Å². The molecule has 8 heteroatoms. The maximum atomic E-state index is 12.5. The third kappa shape index (κ3) is 4.90. The molecular formula is C21H23NO7. The van der Waals surface area contributed by atoms with Gasteiger partial charge in [-0.1, -0.05) is 0 Å². The largest absolute Gasteiger partial charge is 0.494 e. The van der Waals surface area contributed by atoms with Crippen LogP contribution in [0.15, 0.2) is 36.4 Å². The zero-order chi connectivity index (χ0) is 20.8. The van der Waals surface area contributed by atoms with E-state index < -0.39 is 18.0 Å². The van der Waals surface area contributed by atoms with E-state index >= 15 is 0 Å². The zero-order valence-corrected chi connectivity index (χ0v) is 16.5. The first-order chi connectivity index (χ1) is 14.0. The Labute approximate surface area is 168 Å². The highest BCUT2D eigenvalue weighted by Gasteiger charge is 2.24. The van der Waals surface area contributed by atoms with Crippen LogP contribution in [0.2, 0.25) is 0 Å². The van der Waals surface area contributed by atoms with Crippen molar-refractivity contribution in [3.63, 3.8) is 0 Å². The Bertz CT molecular complexity index is 862. The lowest BCUT2D eigenvalue weighted by molar-refractivity contribution is -0.123. The number of nitrogens with one attached hydrogen (secondary N) is 1. The second-order valence-electron chi connectivity index (χ2n) is 6.20. The van der Waals surface area contributed by atoms with Gasteiger partial charge in [-0.25, -0.2) is 4.79 Å². The maximum absolute atomic E-state index is 12.5. The first kappa shape index (κ1) is 20.3. The number of esters is 1. The van der Waals surface area contributed by atoms with Gasteiger partial charge in [0, 0.05) is 5.69 Å². The van der Waals surface area contributed by atoms with Gasteiger partial charge in [-0.3, -0.25) is 4.79 Å². The fourth-order valence-electron chi connectivity index (χ4n) is 2.72. The molecule has 0 saturated heterocycles. The number of fused-ring (bicyclic) bond motifs is 1. The van der Waals surface area contributed by atoms with Crippen molar-refractivity contribution in [1.82, 2.24) is 0 Å². The van der Waals surface area contributed by atoms with Gasteiger partial charge in [-0.2, -0.15) is 0 Å². The fraction of sp³-hybridized carbons (Fsp3) is 0.333. The van der Waals surface area contributed by atoms with E-state index in [1.165, 1.54) is 26.2 Å². The van der Waals surface area contributed by atoms with E-state index in [4.69, 9.17) is 23.7 Å².